The molecule has 3 unspecified atom stereocenters. The van der Waals surface area contributed by atoms with E-state index in [4.69, 9.17) is 14.9 Å². The number of nitrogens with two attached hydrogens (primary N) is 1. The van der Waals surface area contributed by atoms with Crippen LogP contribution in [-0.4, -0.2) is 36.7 Å². The second-order valence-corrected chi connectivity index (χ2v) is 5.36. The number of hydrogen-bond donors (Lipinski definition) is 1. The van der Waals surface area contributed by atoms with E-state index in [9.17, 15) is 0 Å². The molecule has 1 aliphatic rings. The summed E-state index contributed by atoms with van der Waals surface area (Å²) in [5.74, 6) is 1.94. The van der Waals surface area contributed by atoms with Gasteiger partial charge in [0.1, 0.15) is 11.5 Å². The lowest BCUT2D eigenvalue weighted by atomic mass is 10.0. The van der Waals surface area contributed by atoms with Crippen molar-refractivity contribution >= 4 is 0 Å². The van der Waals surface area contributed by atoms with Crippen molar-refractivity contribution < 1.29 is 9.15 Å². The van der Waals surface area contributed by atoms with Crippen LogP contribution in [0, 0.1) is 6.92 Å². The van der Waals surface area contributed by atoms with Gasteiger partial charge < -0.3 is 14.9 Å². The van der Waals surface area contributed by atoms with Crippen molar-refractivity contribution in [3.05, 3.63) is 23.7 Å². The van der Waals surface area contributed by atoms with Crippen LogP contribution in [0.15, 0.2) is 16.5 Å². The van der Waals surface area contributed by atoms with Gasteiger partial charge in [0.05, 0.1) is 18.8 Å². The van der Waals surface area contributed by atoms with Gasteiger partial charge in [0.15, 0.2) is 0 Å². The van der Waals surface area contributed by atoms with Crippen LogP contribution in [0.25, 0.3) is 0 Å². The number of furan rings is 1. The van der Waals surface area contributed by atoms with Gasteiger partial charge in [-0.25, -0.2) is 0 Å². The summed E-state index contributed by atoms with van der Waals surface area (Å²) in [5, 5.41) is 0. The normalized spacial score (nSPS) is 24.3. The van der Waals surface area contributed by atoms with Gasteiger partial charge in [0.25, 0.3) is 0 Å². The zero-order valence-corrected chi connectivity index (χ0v) is 12.3. The van der Waals surface area contributed by atoms with Crippen LogP contribution >= 0.6 is 0 Å². The van der Waals surface area contributed by atoms with Crippen LogP contribution in [0.2, 0.25) is 0 Å². The quantitative estimate of drug-likeness (QED) is 0.889. The molecule has 2 rings (SSSR count). The molecule has 1 fully saturated rings. The number of nitrogens with zero attached hydrogens (tertiary/aromatic N) is 1. The summed E-state index contributed by atoms with van der Waals surface area (Å²) in [6.07, 6.45) is 2.30. The molecule has 0 radical (unpaired) electrons. The van der Waals surface area contributed by atoms with E-state index in [-0.39, 0.29) is 12.1 Å². The lowest BCUT2D eigenvalue weighted by Crippen LogP contribution is -2.49. The van der Waals surface area contributed by atoms with Crippen molar-refractivity contribution in [1.29, 1.82) is 0 Å². The largest absolute Gasteiger partial charge is 0.465 e. The van der Waals surface area contributed by atoms with Gasteiger partial charge in [-0.1, -0.05) is 13.8 Å². The third kappa shape index (κ3) is 3.38. The third-order valence-electron chi connectivity index (χ3n) is 3.95. The van der Waals surface area contributed by atoms with Crippen molar-refractivity contribution in [2.45, 2.75) is 51.8 Å². The number of hydrogen-bond acceptors (Lipinski definition) is 4. The Morgan fingerprint density at radius 3 is 2.79 bits per heavy atom. The van der Waals surface area contributed by atoms with Crippen LogP contribution in [0.4, 0.5) is 0 Å². The van der Waals surface area contributed by atoms with Gasteiger partial charge in [-0.05, 0) is 31.9 Å². The molecule has 0 aromatic carbocycles. The van der Waals surface area contributed by atoms with Crippen molar-refractivity contribution in [3.63, 3.8) is 0 Å². The minimum atomic E-state index is 0.0983. The molecule has 1 aromatic rings. The first-order chi connectivity index (χ1) is 9.15. The maximum absolute atomic E-state index is 6.33. The summed E-state index contributed by atoms with van der Waals surface area (Å²) in [5.41, 5.74) is 6.33. The number of morpholine rings is 1. The first kappa shape index (κ1) is 14.6. The van der Waals surface area contributed by atoms with E-state index in [1.807, 2.05) is 13.0 Å². The molecule has 0 saturated carbocycles. The average molecular weight is 266 g/mol. The Labute approximate surface area is 115 Å². The maximum atomic E-state index is 6.33. The molecule has 0 aliphatic carbocycles. The van der Waals surface area contributed by atoms with Crippen LogP contribution in [0.3, 0.4) is 0 Å². The second kappa shape index (κ2) is 6.55. The highest BCUT2D eigenvalue weighted by atomic mass is 16.5. The molecule has 1 saturated heterocycles. The topological polar surface area (TPSA) is 51.6 Å². The minimum Gasteiger partial charge on any atom is -0.465 e. The molecule has 2 N–H and O–H groups in total. The van der Waals surface area contributed by atoms with E-state index in [0.29, 0.717) is 6.10 Å². The average Bonchev–Trinajstić information content (AvgIpc) is 2.85. The monoisotopic (exact) mass is 266 g/mol. The number of rotatable bonds is 5. The molecule has 3 atom stereocenters. The van der Waals surface area contributed by atoms with Crippen molar-refractivity contribution in [3.8, 4) is 0 Å². The number of aryl methyl sites for hydroxylation is 1. The highest BCUT2D eigenvalue weighted by molar-refractivity contribution is 5.12. The van der Waals surface area contributed by atoms with Crippen molar-refractivity contribution in [1.82, 2.24) is 4.90 Å². The molecule has 1 aliphatic heterocycles. The smallest absolute Gasteiger partial charge is 0.122 e. The van der Waals surface area contributed by atoms with Gasteiger partial charge in [-0.3, -0.25) is 4.90 Å². The van der Waals surface area contributed by atoms with E-state index in [1.54, 1.807) is 0 Å². The van der Waals surface area contributed by atoms with Gasteiger partial charge >= 0.3 is 0 Å². The van der Waals surface area contributed by atoms with Crippen molar-refractivity contribution in [2.75, 3.05) is 19.7 Å². The van der Waals surface area contributed by atoms with E-state index in [0.717, 1.165) is 44.1 Å². The van der Waals surface area contributed by atoms with Gasteiger partial charge in [0.2, 0.25) is 0 Å². The molecule has 19 heavy (non-hydrogen) atoms. The van der Waals surface area contributed by atoms with Crippen LogP contribution < -0.4 is 5.73 Å². The summed E-state index contributed by atoms with van der Waals surface area (Å²) in [7, 11) is 0. The first-order valence-corrected chi connectivity index (χ1v) is 7.33. The predicted molar refractivity (Wildman–Crippen MR) is 76.1 cm³/mol. The van der Waals surface area contributed by atoms with E-state index >= 15 is 0 Å². The molecule has 0 amide bonds. The Kier molecular flexibility index (Phi) is 5.02. The van der Waals surface area contributed by atoms with Gasteiger partial charge in [-0.2, -0.15) is 0 Å². The van der Waals surface area contributed by atoms with E-state index in [1.165, 1.54) is 0 Å². The first-order valence-electron chi connectivity index (χ1n) is 7.33. The lowest BCUT2D eigenvalue weighted by molar-refractivity contribution is -0.0517. The second-order valence-electron chi connectivity index (χ2n) is 5.36. The summed E-state index contributed by atoms with van der Waals surface area (Å²) in [6, 6.07) is 4.34. The van der Waals surface area contributed by atoms with Crippen molar-refractivity contribution in [2.24, 2.45) is 5.73 Å². The Morgan fingerprint density at radius 2 is 2.21 bits per heavy atom. The summed E-state index contributed by atoms with van der Waals surface area (Å²) in [4.78, 5) is 2.42. The molecule has 108 valence electrons. The van der Waals surface area contributed by atoms with E-state index in [2.05, 4.69) is 24.8 Å². The molecular formula is C15H26N2O2. The van der Waals surface area contributed by atoms with Gasteiger partial charge in [0, 0.05) is 19.1 Å². The van der Waals surface area contributed by atoms with Crippen LogP contribution in [0.1, 0.15) is 44.3 Å². The minimum absolute atomic E-state index is 0.0983. The predicted octanol–water partition coefficient (Wildman–Crippen LogP) is 2.48. The Hall–Kier alpha value is -0.840. The molecular weight excluding hydrogens is 240 g/mol. The van der Waals surface area contributed by atoms with E-state index < -0.39 is 0 Å². The fourth-order valence-electron chi connectivity index (χ4n) is 2.74. The lowest BCUT2D eigenvalue weighted by Gasteiger charge is -2.39. The Morgan fingerprint density at radius 1 is 1.42 bits per heavy atom. The molecule has 2 heterocycles. The zero-order chi connectivity index (χ0) is 13.8. The number of ether oxygens (including phenoxy) is 1. The molecule has 0 spiro atoms. The Bertz CT molecular complexity index is 391. The standard InChI is InChI=1S/C15H26N2O2/c1-4-12-10-17(8-9-18-12)15(13(16)5-2)14-7-6-11(3)19-14/h6-7,12-13,15H,4-5,8-10,16H2,1-3H3. The highest BCUT2D eigenvalue weighted by Gasteiger charge is 2.32. The Balaban J connectivity index is 2.17. The highest BCUT2D eigenvalue weighted by Crippen LogP contribution is 2.28. The fourth-order valence-corrected chi connectivity index (χ4v) is 2.74. The summed E-state index contributed by atoms with van der Waals surface area (Å²) in [6.45, 7) is 8.92. The fraction of sp³-hybridized carbons (Fsp3) is 0.733. The zero-order valence-electron chi connectivity index (χ0n) is 12.3. The van der Waals surface area contributed by atoms with Crippen LogP contribution in [-0.2, 0) is 4.74 Å². The molecule has 0 bridgehead atoms. The summed E-state index contributed by atoms with van der Waals surface area (Å²) < 4.78 is 11.6. The molecule has 4 nitrogen and oxygen atoms in total. The molecule has 4 heteroatoms. The SMILES string of the molecule is CCC1CN(C(c2ccc(C)o2)C(N)CC)CCO1. The third-order valence-corrected chi connectivity index (χ3v) is 3.95. The van der Waals surface area contributed by atoms with Gasteiger partial charge in [-0.15, -0.1) is 0 Å². The van der Waals surface area contributed by atoms with Crippen LogP contribution in [0.5, 0.6) is 0 Å². The summed E-state index contributed by atoms with van der Waals surface area (Å²) >= 11 is 0. The maximum Gasteiger partial charge on any atom is 0.122 e. The molecule has 1 aromatic heterocycles.